The summed E-state index contributed by atoms with van der Waals surface area (Å²) >= 11 is 0. The average Bonchev–Trinajstić information content (AvgIpc) is 3.69. The first-order valence-electron chi connectivity index (χ1n) is 17.1. The second-order valence-corrected chi connectivity index (χ2v) is 15.5. The van der Waals surface area contributed by atoms with Gasteiger partial charge in [-0.3, -0.25) is 19.2 Å². The van der Waals surface area contributed by atoms with Crippen molar-refractivity contribution in [2.75, 3.05) is 13.2 Å². The SMILES string of the molecule is CC12CCC(CCCCCC(=O)OCC(COC(=O)CCC(=O)O)OC(=O)CCCCCC34CCC(C)(CC3)C4)(CC1)C2. The maximum atomic E-state index is 12.6. The van der Waals surface area contributed by atoms with E-state index in [2.05, 4.69) is 13.8 Å². The number of hydrogen-bond acceptors (Lipinski definition) is 7. The molecule has 8 nitrogen and oxygen atoms in total. The fourth-order valence-corrected chi connectivity index (χ4v) is 8.94. The lowest BCUT2D eigenvalue weighted by Crippen LogP contribution is -2.31. The van der Waals surface area contributed by atoms with Gasteiger partial charge in [0.15, 0.2) is 6.10 Å². The molecule has 1 N–H and O–H groups in total. The summed E-state index contributed by atoms with van der Waals surface area (Å²) in [4.78, 5) is 47.7. The van der Waals surface area contributed by atoms with Crippen LogP contribution in [0.3, 0.4) is 0 Å². The highest BCUT2D eigenvalue weighted by Gasteiger charge is 2.51. The number of rotatable bonds is 20. The van der Waals surface area contributed by atoms with Gasteiger partial charge in [0.1, 0.15) is 13.2 Å². The molecule has 8 heteroatoms. The monoisotopic (exact) mass is 604 g/mol. The van der Waals surface area contributed by atoms with Gasteiger partial charge in [-0.1, -0.05) is 39.5 Å². The van der Waals surface area contributed by atoms with Gasteiger partial charge in [-0.15, -0.1) is 0 Å². The zero-order chi connectivity index (χ0) is 31.0. The Morgan fingerprint density at radius 2 is 1.02 bits per heavy atom. The molecule has 0 aromatic heterocycles. The molecule has 4 fully saturated rings. The normalized spacial score (nSPS) is 31.2. The van der Waals surface area contributed by atoms with Crippen LogP contribution in [0, 0.1) is 21.7 Å². The van der Waals surface area contributed by atoms with Crippen LogP contribution in [-0.4, -0.2) is 48.3 Å². The molecule has 4 aliphatic rings. The zero-order valence-electron chi connectivity index (χ0n) is 26.9. The Morgan fingerprint density at radius 3 is 1.44 bits per heavy atom. The van der Waals surface area contributed by atoms with E-state index in [1.807, 2.05) is 0 Å². The molecular formula is C35H56O8. The van der Waals surface area contributed by atoms with Crippen molar-refractivity contribution in [1.82, 2.24) is 0 Å². The number of carboxylic acid groups (broad SMARTS) is 1. The minimum absolute atomic E-state index is 0.181. The third-order valence-electron chi connectivity index (χ3n) is 11.5. The van der Waals surface area contributed by atoms with Crippen LogP contribution in [-0.2, 0) is 33.4 Å². The molecule has 0 radical (unpaired) electrons. The van der Waals surface area contributed by atoms with Crippen LogP contribution in [0.5, 0.6) is 0 Å². The molecule has 0 aliphatic heterocycles. The molecule has 0 aromatic rings. The van der Waals surface area contributed by atoms with E-state index in [4.69, 9.17) is 19.3 Å². The van der Waals surface area contributed by atoms with E-state index in [9.17, 15) is 19.2 Å². The van der Waals surface area contributed by atoms with Crippen molar-refractivity contribution in [2.24, 2.45) is 21.7 Å². The van der Waals surface area contributed by atoms with Gasteiger partial charge in [-0.05, 0) is 112 Å². The number of aliphatic carboxylic acids is 1. The molecule has 244 valence electrons. The third-order valence-corrected chi connectivity index (χ3v) is 11.5. The van der Waals surface area contributed by atoms with Gasteiger partial charge in [-0.2, -0.15) is 0 Å². The average molecular weight is 605 g/mol. The predicted octanol–water partition coefficient (Wildman–Crippen LogP) is 7.69. The lowest BCUT2D eigenvalue weighted by atomic mass is 9.79. The first-order chi connectivity index (χ1) is 20.4. The van der Waals surface area contributed by atoms with Crippen molar-refractivity contribution in [3.8, 4) is 0 Å². The number of carbonyl (C=O) groups excluding carboxylic acids is 3. The number of esters is 3. The molecule has 1 unspecified atom stereocenters. The summed E-state index contributed by atoms with van der Waals surface area (Å²) in [6, 6.07) is 0. The Labute approximate surface area is 258 Å². The van der Waals surface area contributed by atoms with Gasteiger partial charge in [0.25, 0.3) is 0 Å². The Balaban J connectivity index is 1.11. The van der Waals surface area contributed by atoms with E-state index in [0.717, 1.165) is 38.5 Å². The smallest absolute Gasteiger partial charge is 0.306 e. The number of unbranched alkanes of at least 4 members (excludes halogenated alkanes) is 4. The van der Waals surface area contributed by atoms with Crippen LogP contribution in [0.15, 0.2) is 0 Å². The number of carbonyl (C=O) groups is 4. The van der Waals surface area contributed by atoms with E-state index in [1.54, 1.807) is 0 Å². The van der Waals surface area contributed by atoms with Crippen molar-refractivity contribution in [2.45, 2.75) is 161 Å². The molecule has 4 bridgehead atoms. The first-order valence-corrected chi connectivity index (χ1v) is 17.1. The van der Waals surface area contributed by atoms with E-state index >= 15 is 0 Å². The predicted molar refractivity (Wildman–Crippen MR) is 162 cm³/mol. The van der Waals surface area contributed by atoms with E-state index in [1.165, 1.54) is 77.0 Å². The minimum atomic E-state index is -1.09. The molecule has 0 spiro atoms. The van der Waals surface area contributed by atoms with Crippen molar-refractivity contribution in [3.05, 3.63) is 0 Å². The Bertz CT molecular complexity index is 970. The van der Waals surface area contributed by atoms with E-state index < -0.39 is 24.0 Å². The molecular weight excluding hydrogens is 548 g/mol. The number of ether oxygens (including phenoxy) is 3. The summed E-state index contributed by atoms with van der Waals surface area (Å²) in [5, 5.41) is 8.79. The van der Waals surface area contributed by atoms with Gasteiger partial charge in [0, 0.05) is 12.8 Å². The van der Waals surface area contributed by atoms with Crippen LogP contribution in [0.4, 0.5) is 0 Å². The van der Waals surface area contributed by atoms with Crippen molar-refractivity contribution < 1.29 is 38.5 Å². The van der Waals surface area contributed by atoms with E-state index in [0.29, 0.717) is 28.1 Å². The minimum Gasteiger partial charge on any atom is -0.481 e. The Hall–Kier alpha value is -2.12. The van der Waals surface area contributed by atoms with Gasteiger partial charge in [-0.25, -0.2) is 0 Å². The van der Waals surface area contributed by atoms with Crippen LogP contribution >= 0.6 is 0 Å². The van der Waals surface area contributed by atoms with Gasteiger partial charge < -0.3 is 19.3 Å². The summed E-state index contributed by atoms with van der Waals surface area (Å²) in [7, 11) is 0. The number of hydrogen-bond donors (Lipinski definition) is 1. The van der Waals surface area contributed by atoms with Crippen LogP contribution < -0.4 is 0 Å². The lowest BCUT2D eigenvalue weighted by Gasteiger charge is -2.26. The first kappa shape index (κ1) is 33.8. The molecule has 0 heterocycles. The van der Waals surface area contributed by atoms with Crippen molar-refractivity contribution in [1.29, 1.82) is 0 Å². The quantitative estimate of drug-likeness (QED) is 0.0854. The molecule has 4 rings (SSSR count). The highest BCUT2D eigenvalue weighted by Crippen LogP contribution is 2.64. The Kier molecular flexibility index (Phi) is 11.6. The molecule has 0 saturated heterocycles. The molecule has 1 atom stereocenters. The fraction of sp³-hybridized carbons (Fsp3) is 0.886. The van der Waals surface area contributed by atoms with Gasteiger partial charge >= 0.3 is 23.9 Å². The van der Waals surface area contributed by atoms with Crippen molar-refractivity contribution >= 4 is 23.9 Å². The standard InChI is InChI=1S/C35H56O8/c1-32-15-19-34(25-32,20-16-32)13-7-3-5-9-29(38)41-23-27(24-42-30(39)12-11-28(36)37)43-31(40)10-6-4-8-14-35-21-17-33(2,26-35)18-22-35/h27H,3-26H2,1-2H3,(H,36,37). The number of carboxylic acids is 1. The van der Waals surface area contributed by atoms with Crippen molar-refractivity contribution in [3.63, 3.8) is 0 Å². The van der Waals surface area contributed by atoms with Crippen LogP contribution in [0.25, 0.3) is 0 Å². The zero-order valence-corrected chi connectivity index (χ0v) is 26.9. The third kappa shape index (κ3) is 10.2. The maximum Gasteiger partial charge on any atom is 0.306 e. The topological polar surface area (TPSA) is 116 Å². The highest BCUT2D eigenvalue weighted by atomic mass is 16.6. The number of fused-ring (bicyclic) bond motifs is 4. The maximum absolute atomic E-state index is 12.6. The summed E-state index contributed by atoms with van der Waals surface area (Å²) in [6.07, 6.45) is 20.8. The van der Waals surface area contributed by atoms with Gasteiger partial charge in [0.05, 0.1) is 12.8 Å². The fourth-order valence-electron chi connectivity index (χ4n) is 8.94. The summed E-state index contributed by atoms with van der Waals surface area (Å²) in [6.45, 7) is 4.41. The summed E-state index contributed by atoms with van der Waals surface area (Å²) < 4.78 is 16.1. The largest absolute Gasteiger partial charge is 0.481 e. The highest BCUT2D eigenvalue weighted by molar-refractivity contribution is 5.76. The van der Waals surface area contributed by atoms with Crippen LogP contribution in [0.1, 0.15) is 155 Å². The second-order valence-electron chi connectivity index (χ2n) is 15.5. The van der Waals surface area contributed by atoms with Crippen LogP contribution in [0.2, 0.25) is 0 Å². The second kappa shape index (κ2) is 14.8. The molecule has 43 heavy (non-hydrogen) atoms. The lowest BCUT2D eigenvalue weighted by molar-refractivity contribution is -0.167. The summed E-state index contributed by atoms with van der Waals surface area (Å²) in [5.41, 5.74) is 2.21. The molecule has 4 saturated carbocycles. The summed E-state index contributed by atoms with van der Waals surface area (Å²) in [5.74, 6) is -2.52. The molecule has 4 aliphatic carbocycles. The van der Waals surface area contributed by atoms with E-state index in [-0.39, 0.29) is 38.4 Å². The molecule has 0 amide bonds. The molecule has 0 aromatic carbocycles. The Morgan fingerprint density at radius 1 is 0.581 bits per heavy atom. The van der Waals surface area contributed by atoms with Gasteiger partial charge in [0.2, 0.25) is 0 Å².